The molecule has 8 heterocycles. The van der Waals surface area contributed by atoms with Crippen LogP contribution in [-0.2, 0) is 64.2 Å². The molecule has 0 radical (unpaired) electrons. The highest BCUT2D eigenvalue weighted by molar-refractivity contribution is 6.30. The molecule has 0 aliphatic carbocycles. The summed E-state index contributed by atoms with van der Waals surface area (Å²) in [6, 6.07) is 29.4. The van der Waals surface area contributed by atoms with Crippen molar-refractivity contribution in [2.75, 3.05) is 34.2 Å². The molecule has 0 saturated heterocycles. The lowest BCUT2D eigenvalue weighted by atomic mass is 9.90. The maximum atomic E-state index is 14.2. The van der Waals surface area contributed by atoms with Gasteiger partial charge in [-0.25, -0.2) is 62.4 Å². The summed E-state index contributed by atoms with van der Waals surface area (Å²) < 4.78 is 77.2. The third-order valence-corrected chi connectivity index (χ3v) is 17.7. The van der Waals surface area contributed by atoms with E-state index in [0.717, 1.165) is 93.9 Å². The number of aliphatic hydroxyl groups is 2. The van der Waals surface area contributed by atoms with E-state index in [1.165, 1.54) is 67.7 Å². The Morgan fingerprint density at radius 1 is 0.387 bits per heavy atom. The zero-order chi connectivity index (χ0) is 82.0. The van der Waals surface area contributed by atoms with Crippen molar-refractivity contribution >= 4 is 60.5 Å². The maximum absolute atomic E-state index is 14.2. The number of pyridine rings is 4. The average Bonchev–Trinajstić information content (AvgIpc) is 0.784. The zero-order valence-electron chi connectivity index (χ0n) is 66.3. The van der Waals surface area contributed by atoms with Crippen molar-refractivity contribution in [1.82, 2.24) is 59.8 Å². The van der Waals surface area contributed by atoms with Crippen molar-refractivity contribution < 1.29 is 46.7 Å². The van der Waals surface area contributed by atoms with E-state index in [4.69, 9.17) is 47.5 Å². The fourth-order valence-electron chi connectivity index (χ4n) is 11.8. The number of azide groups is 1. The number of alkyl halides is 4. The largest absolute Gasteiger partial charge is 0.496 e. The lowest BCUT2D eigenvalue weighted by Gasteiger charge is -2.22. The van der Waals surface area contributed by atoms with Crippen molar-refractivity contribution in [3.05, 3.63) is 242 Å². The van der Waals surface area contributed by atoms with Gasteiger partial charge >= 0.3 is 0 Å². The Labute approximate surface area is 648 Å². The number of aromatic nitrogens is 12. The number of nitrogens with zero attached hydrogens (tertiary/aromatic N) is 15. The predicted molar refractivity (Wildman–Crippen MR) is 426 cm³/mol. The molecule has 0 atom stereocenters. The van der Waals surface area contributed by atoms with Crippen LogP contribution in [0.3, 0.4) is 0 Å². The molecule has 111 heavy (non-hydrogen) atoms. The second-order valence-electron chi connectivity index (χ2n) is 30.4. The standard InChI is InChI=1S/C21H23FN6O.C21H25FN4O.C21H24FN3O2.C13H14ClNO2.C7H10FN3/c1-20(2,22)19-24-9-8-13(26-19)10-14-11-15-16(12-25-14)18(29-5)7-6-17(15)21(3,4)27-28-23;1-20(2,22)19-24-9-8-13(26-19)10-14-11-15-16(12-25-14)18(27-5)7-6-17(15)21(3,4)23;1-20(2,22)19-23-9-8-13(25-19)10-14-11-15-16(12-24-14)18(27-5)7-6-17(15)21(3,4)26;1-13(2,16)10-4-5-11(17-3)9-7-15-12(14)6-8(9)10;1-7(2,8)6-10-4-3-5(9)11-6/h6-9,11-12H,10H2,1-5H3;6-9,11-12H,10,23H2,1-5H3;6-9,11-12,26H,10H2,1-5H3;4-7,16H,1-3H3;3-4H,1-2H3,(H2,9,10,11). The number of ether oxygens (including phenoxy) is 4. The Hall–Kier alpha value is -11.0. The number of hydrogen-bond donors (Lipinski definition) is 4. The summed E-state index contributed by atoms with van der Waals surface area (Å²) in [6.45, 7) is 26.0. The van der Waals surface area contributed by atoms with Crippen LogP contribution in [0.15, 0.2) is 152 Å². The van der Waals surface area contributed by atoms with Crippen molar-refractivity contribution in [2.45, 2.75) is 175 Å². The van der Waals surface area contributed by atoms with Crippen LogP contribution in [0, 0.1) is 0 Å². The van der Waals surface area contributed by atoms with Crippen LogP contribution in [0.25, 0.3) is 53.5 Å². The Morgan fingerprint density at radius 2 is 0.676 bits per heavy atom. The molecule has 8 aromatic heterocycles. The van der Waals surface area contributed by atoms with Crippen LogP contribution in [-0.4, -0.2) is 98.5 Å². The number of methoxy groups -OCH3 is 4. The Morgan fingerprint density at radius 3 is 0.973 bits per heavy atom. The fraction of sp³-hybridized carbons (Fsp3) is 0.373. The highest BCUT2D eigenvalue weighted by atomic mass is 35.5. The number of nitrogen functional groups attached to an aromatic ring is 1. The number of halogens is 5. The number of benzene rings is 4. The first-order valence-corrected chi connectivity index (χ1v) is 35.8. The van der Waals surface area contributed by atoms with Gasteiger partial charge in [-0.15, -0.1) is 0 Å². The molecule has 0 aliphatic rings. The lowest BCUT2D eigenvalue weighted by molar-refractivity contribution is 0.0796. The van der Waals surface area contributed by atoms with Gasteiger partial charge in [0, 0.05) is 118 Å². The van der Waals surface area contributed by atoms with Gasteiger partial charge in [-0.05, 0) is 219 Å². The highest BCUT2D eigenvalue weighted by Gasteiger charge is 2.29. The quantitative estimate of drug-likeness (QED) is 0.0192. The van der Waals surface area contributed by atoms with Gasteiger partial charge in [0.15, 0.2) is 46.0 Å². The van der Waals surface area contributed by atoms with Gasteiger partial charge in [0.25, 0.3) is 0 Å². The highest BCUT2D eigenvalue weighted by Crippen LogP contribution is 2.40. The van der Waals surface area contributed by atoms with E-state index < -0.39 is 45.0 Å². The molecule has 4 aromatic carbocycles. The summed E-state index contributed by atoms with van der Waals surface area (Å²) in [5, 5.41) is 32.0. The molecule has 28 heteroatoms. The molecule has 0 unspecified atom stereocenters. The van der Waals surface area contributed by atoms with Crippen LogP contribution < -0.4 is 30.4 Å². The molecule has 0 fully saturated rings. The Kier molecular flexibility index (Phi) is 26.6. The number of rotatable bonds is 19. The van der Waals surface area contributed by atoms with Crippen LogP contribution in [0.1, 0.15) is 190 Å². The third-order valence-electron chi connectivity index (χ3n) is 17.5. The first-order valence-electron chi connectivity index (χ1n) is 35.4. The minimum Gasteiger partial charge on any atom is -0.496 e. The summed E-state index contributed by atoms with van der Waals surface area (Å²) in [5.41, 5.74) is 19.0. The summed E-state index contributed by atoms with van der Waals surface area (Å²) in [6.07, 6.45) is 14.4. The van der Waals surface area contributed by atoms with E-state index in [-0.39, 0.29) is 23.3 Å². The monoisotopic (exact) mass is 1540 g/mol. The molecular formula is C83H96ClF4N17O6. The van der Waals surface area contributed by atoms with E-state index in [1.54, 1.807) is 124 Å². The van der Waals surface area contributed by atoms with Gasteiger partial charge < -0.3 is 40.6 Å². The Bertz CT molecular complexity index is 5170. The van der Waals surface area contributed by atoms with Gasteiger partial charge in [0.1, 0.15) is 34.0 Å². The van der Waals surface area contributed by atoms with E-state index in [2.05, 4.69) is 69.8 Å². The second-order valence-corrected chi connectivity index (χ2v) is 30.8. The second kappa shape index (κ2) is 34.5. The number of nitrogens with two attached hydrogens (primary N) is 2. The minimum atomic E-state index is -1.62. The topological polar surface area (TPSA) is 333 Å². The fourth-order valence-corrected chi connectivity index (χ4v) is 12.0. The molecule has 0 spiro atoms. The summed E-state index contributed by atoms with van der Waals surface area (Å²) in [7, 11) is 6.44. The SMILES string of the molecule is CC(C)(F)c1nccc(N)n1.COc1ccc(C(C)(C)N)c2cc(Cc3ccnc(C(C)(C)F)n3)ncc12.COc1ccc(C(C)(C)N=[N+]=[N-])c2cc(Cc3ccnc(C(C)(C)F)n3)ncc12.COc1ccc(C(C)(C)O)c2cc(Cc3ccnc(C(C)(C)F)n3)ncc12.COc1ccc(C(C)(C)O)c2cc(Cl)ncc12. The smallest absolute Gasteiger partial charge is 0.167 e. The number of fused-ring (bicyclic) bond motifs is 4. The van der Waals surface area contributed by atoms with E-state index in [0.29, 0.717) is 58.8 Å². The van der Waals surface area contributed by atoms with Crippen molar-refractivity contribution in [3.63, 3.8) is 0 Å². The van der Waals surface area contributed by atoms with Crippen molar-refractivity contribution in [3.8, 4) is 23.0 Å². The van der Waals surface area contributed by atoms with Gasteiger partial charge in [0.2, 0.25) is 0 Å². The molecular weight excluding hydrogens is 1440 g/mol. The predicted octanol–water partition coefficient (Wildman–Crippen LogP) is 17.8. The molecule has 0 aliphatic heterocycles. The van der Waals surface area contributed by atoms with Gasteiger partial charge in [0.05, 0.1) is 62.3 Å². The number of anilines is 1. The van der Waals surface area contributed by atoms with Gasteiger partial charge in [-0.1, -0.05) is 54.8 Å². The molecule has 0 saturated carbocycles. The van der Waals surface area contributed by atoms with Gasteiger partial charge in [-0.3, -0.25) is 15.0 Å². The molecule has 0 amide bonds. The third kappa shape index (κ3) is 22.2. The van der Waals surface area contributed by atoms with Crippen molar-refractivity contribution in [1.29, 1.82) is 0 Å². The van der Waals surface area contributed by atoms with Crippen LogP contribution in [0.2, 0.25) is 5.15 Å². The summed E-state index contributed by atoms with van der Waals surface area (Å²) in [5.74, 6) is 3.73. The maximum Gasteiger partial charge on any atom is 0.167 e. The van der Waals surface area contributed by atoms with E-state index >= 15 is 0 Å². The van der Waals surface area contributed by atoms with Crippen LogP contribution >= 0.6 is 11.6 Å². The van der Waals surface area contributed by atoms with E-state index in [9.17, 15) is 27.8 Å². The summed E-state index contributed by atoms with van der Waals surface area (Å²) in [4.78, 5) is 53.2. The minimum absolute atomic E-state index is 0.123. The molecule has 584 valence electrons. The lowest BCUT2D eigenvalue weighted by Crippen LogP contribution is -2.28. The van der Waals surface area contributed by atoms with Crippen LogP contribution in [0.4, 0.5) is 23.4 Å². The molecule has 23 nitrogen and oxygen atoms in total. The zero-order valence-corrected chi connectivity index (χ0v) is 67.0. The molecule has 12 aromatic rings. The Balaban J connectivity index is 0.000000180. The molecule has 6 N–H and O–H groups in total. The summed E-state index contributed by atoms with van der Waals surface area (Å²) >= 11 is 5.90. The molecule has 12 rings (SSSR count). The van der Waals surface area contributed by atoms with Crippen molar-refractivity contribution in [2.24, 2.45) is 10.8 Å². The van der Waals surface area contributed by atoms with Crippen LogP contribution in [0.5, 0.6) is 23.0 Å². The average molecular weight is 1540 g/mol. The van der Waals surface area contributed by atoms with E-state index in [1.807, 2.05) is 94.4 Å². The molecule has 0 bridgehead atoms. The normalized spacial score (nSPS) is 12.1. The number of hydrogen-bond acceptors (Lipinski definition) is 21. The van der Waals surface area contributed by atoms with Gasteiger partial charge in [-0.2, -0.15) is 0 Å². The first kappa shape index (κ1) is 85.6. The first-order chi connectivity index (χ1) is 51.8.